The largest absolute Gasteiger partial charge is 0.323 e. The summed E-state index contributed by atoms with van der Waals surface area (Å²) < 4.78 is 0. The van der Waals surface area contributed by atoms with E-state index in [0.29, 0.717) is 0 Å². The Morgan fingerprint density at radius 1 is 0.810 bits per heavy atom. The van der Waals surface area contributed by atoms with E-state index in [2.05, 4.69) is 24.3 Å². The van der Waals surface area contributed by atoms with Crippen LogP contribution < -0.4 is 0 Å². The maximum Gasteiger partial charge on any atom is 0.229 e. The third kappa shape index (κ3) is 2.58. The van der Waals surface area contributed by atoms with Crippen LogP contribution in [0.4, 0.5) is 0 Å². The smallest absolute Gasteiger partial charge is 0.229 e. The van der Waals surface area contributed by atoms with Crippen molar-refractivity contribution in [2.75, 3.05) is 0 Å². The number of nitrogens with zero attached hydrogens (tertiary/aromatic N) is 1. The molecule has 1 fully saturated rings. The zero-order valence-corrected chi connectivity index (χ0v) is 12.8. The maximum atomic E-state index is 12.7. The zero-order chi connectivity index (χ0) is 15.0. The van der Waals surface area contributed by atoms with Gasteiger partial charge < -0.3 is 4.90 Å². The summed E-state index contributed by atoms with van der Waals surface area (Å²) in [5.41, 5.74) is 2.07. The lowest BCUT2D eigenvalue weighted by Gasteiger charge is -2.18. The molecule has 0 aliphatic carbocycles. The minimum absolute atomic E-state index is 0.167. The van der Waals surface area contributed by atoms with Gasteiger partial charge in [0.05, 0.1) is 12.1 Å². The van der Waals surface area contributed by atoms with Crippen LogP contribution in [0.3, 0.4) is 0 Å². The van der Waals surface area contributed by atoms with Crippen molar-refractivity contribution in [1.29, 1.82) is 0 Å². The number of carbonyl (C=O) groups is 1. The van der Waals surface area contributed by atoms with Crippen LogP contribution in [0.5, 0.6) is 0 Å². The Morgan fingerprint density at radius 2 is 1.19 bits per heavy atom. The SMILES string of the molecule is CC(C)(C)C(=O)N1[C@@H](c2ccccc2)[C@@H]1c1ccccc1. The number of rotatable bonds is 2. The molecular formula is C19H21NO. The molecule has 0 spiro atoms. The summed E-state index contributed by atoms with van der Waals surface area (Å²) in [6.07, 6.45) is 0. The molecule has 0 aromatic heterocycles. The predicted octanol–water partition coefficient (Wildman–Crippen LogP) is 4.36. The van der Waals surface area contributed by atoms with Gasteiger partial charge >= 0.3 is 0 Å². The van der Waals surface area contributed by atoms with E-state index >= 15 is 0 Å². The van der Waals surface area contributed by atoms with Gasteiger partial charge in [-0.05, 0) is 11.1 Å². The van der Waals surface area contributed by atoms with Gasteiger partial charge in [0.15, 0.2) is 0 Å². The van der Waals surface area contributed by atoms with Crippen LogP contribution in [-0.4, -0.2) is 10.8 Å². The number of hydrogen-bond acceptors (Lipinski definition) is 1. The molecule has 0 radical (unpaired) electrons. The Kier molecular flexibility index (Phi) is 3.32. The van der Waals surface area contributed by atoms with Gasteiger partial charge in [0.1, 0.15) is 0 Å². The molecule has 2 aromatic rings. The molecule has 2 atom stereocenters. The van der Waals surface area contributed by atoms with E-state index in [4.69, 9.17) is 0 Å². The second-order valence-corrected chi connectivity index (χ2v) is 6.67. The number of amides is 1. The van der Waals surface area contributed by atoms with Crippen LogP contribution in [0.2, 0.25) is 0 Å². The third-order valence-electron chi connectivity index (χ3n) is 3.97. The number of benzene rings is 2. The van der Waals surface area contributed by atoms with Gasteiger partial charge in [0.25, 0.3) is 0 Å². The summed E-state index contributed by atoms with van der Waals surface area (Å²) in [7, 11) is 0. The van der Waals surface area contributed by atoms with E-state index in [1.807, 2.05) is 62.1 Å². The Bertz CT molecular complexity index is 582. The number of hydrogen-bond donors (Lipinski definition) is 0. The first kappa shape index (κ1) is 13.9. The molecule has 2 nitrogen and oxygen atoms in total. The second kappa shape index (κ2) is 5.03. The zero-order valence-electron chi connectivity index (χ0n) is 12.8. The molecular weight excluding hydrogens is 258 g/mol. The molecule has 108 valence electrons. The van der Waals surface area contributed by atoms with Gasteiger partial charge in [0, 0.05) is 5.41 Å². The average molecular weight is 279 g/mol. The molecule has 0 N–H and O–H groups in total. The van der Waals surface area contributed by atoms with E-state index in [9.17, 15) is 4.79 Å². The van der Waals surface area contributed by atoms with Crippen molar-refractivity contribution in [2.24, 2.45) is 5.41 Å². The van der Waals surface area contributed by atoms with E-state index in [1.165, 1.54) is 11.1 Å². The van der Waals surface area contributed by atoms with E-state index in [-0.39, 0.29) is 23.4 Å². The van der Waals surface area contributed by atoms with Crippen molar-refractivity contribution >= 4 is 5.91 Å². The quantitative estimate of drug-likeness (QED) is 0.748. The van der Waals surface area contributed by atoms with Crippen LogP contribution in [0.1, 0.15) is 44.0 Å². The first-order valence-corrected chi connectivity index (χ1v) is 7.43. The molecule has 2 heteroatoms. The van der Waals surface area contributed by atoms with Crippen molar-refractivity contribution in [1.82, 2.24) is 4.90 Å². The standard InChI is InChI=1S/C19H21NO/c1-19(2,3)18(21)20-16(14-10-6-4-7-11-14)17(20)15-12-8-5-9-13-15/h4-13,16-17H,1-3H3/t16-,17-/m0/s1. The van der Waals surface area contributed by atoms with Gasteiger partial charge in [0.2, 0.25) is 5.91 Å². The van der Waals surface area contributed by atoms with Gasteiger partial charge in [-0.25, -0.2) is 0 Å². The van der Waals surface area contributed by atoms with Crippen LogP contribution in [0.15, 0.2) is 60.7 Å². The summed E-state index contributed by atoms with van der Waals surface area (Å²) in [5.74, 6) is 0.213. The highest BCUT2D eigenvalue weighted by atomic mass is 16.2. The first-order valence-electron chi connectivity index (χ1n) is 7.43. The summed E-state index contributed by atoms with van der Waals surface area (Å²) in [4.78, 5) is 14.7. The molecule has 0 bridgehead atoms. The molecule has 21 heavy (non-hydrogen) atoms. The predicted molar refractivity (Wildman–Crippen MR) is 84.7 cm³/mol. The van der Waals surface area contributed by atoms with Gasteiger partial charge in [-0.2, -0.15) is 0 Å². The lowest BCUT2D eigenvalue weighted by molar-refractivity contribution is -0.134. The lowest BCUT2D eigenvalue weighted by Crippen LogP contribution is -2.28. The minimum Gasteiger partial charge on any atom is -0.323 e. The van der Waals surface area contributed by atoms with Gasteiger partial charge in [-0.3, -0.25) is 4.79 Å². The first-order chi connectivity index (χ1) is 10.00. The van der Waals surface area contributed by atoms with Crippen LogP contribution in [0.25, 0.3) is 0 Å². The number of carbonyl (C=O) groups excluding carboxylic acids is 1. The van der Waals surface area contributed by atoms with Crippen molar-refractivity contribution in [3.63, 3.8) is 0 Å². The Morgan fingerprint density at radius 3 is 1.52 bits per heavy atom. The molecule has 3 rings (SSSR count). The maximum absolute atomic E-state index is 12.7. The second-order valence-electron chi connectivity index (χ2n) is 6.67. The normalized spacial score (nSPS) is 21.2. The molecule has 0 unspecified atom stereocenters. The van der Waals surface area contributed by atoms with Crippen LogP contribution in [0, 0.1) is 5.41 Å². The van der Waals surface area contributed by atoms with Crippen LogP contribution in [-0.2, 0) is 4.79 Å². The van der Waals surface area contributed by atoms with Crippen LogP contribution >= 0.6 is 0 Å². The average Bonchev–Trinajstić information content (AvgIpc) is 3.22. The molecule has 1 amide bonds. The summed E-state index contributed by atoms with van der Waals surface area (Å²) >= 11 is 0. The highest BCUT2D eigenvalue weighted by molar-refractivity contribution is 5.85. The lowest BCUT2D eigenvalue weighted by atomic mass is 9.95. The molecule has 1 saturated heterocycles. The highest BCUT2D eigenvalue weighted by Gasteiger charge is 2.54. The fourth-order valence-corrected chi connectivity index (χ4v) is 2.86. The fourth-order valence-electron chi connectivity index (χ4n) is 2.86. The molecule has 2 aromatic carbocycles. The Labute approximate surface area is 126 Å². The van der Waals surface area contributed by atoms with Gasteiger partial charge in [-0.15, -0.1) is 0 Å². The van der Waals surface area contributed by atoms with Crippen molar-refractivity contribution in [3.8, 4) is 0 Å². The molecule has 0 saturated carbocycles. The van der Waals surface area contributed by atoms with Crippen molar-refractivity contribution in [2.45, 2.75) is 32.9 Å². The van der Waals surface area contributed by atoms with E-state index in [1.54, 1.807) is 0 Å². The Hall–Kier alpha value is -2.09. The summed E-state index contributed by atoms with van der Waals surface area (Å²) in [5, 5.41) is 0. The highest BCUT2D eigenvalue weighted by Crippen LogP contribution is 2.56. The molecule has 1 aliphatic heterocycles. The topological polar surface area (TPSA) is 20.1 Å². The van der Waals surface area contributed by atoms with E-state index in [0.717, 1.165) is 0 Å². The Balaban J connectivity index is 1.95. The third-order valence-corrected chi connectivity index (χ3v) is 3.97. The van der Waals surface area contributed by atoms with Crippen molar-refractivity contribution < 1.29 is 4.79 Å². The fraction of sp³-hybridized carbons (Fsp3) is 0.316. The molecule has 1 aliphatic rings. The summed E-state index contributed by atoms with van der Waals surface area (Å²) in [6.45, 7) is 5.95. The molecule has 1 heterocycles. The van der Waals surface area contributed by atoms with Crippen molar-refractivity contribution in [3.05, 3.63) is 71.8 Å². The summed E-state index contributed by atoms with van der Waals surface area (Å²) in [6, 6.07) is 20.9. The minimum atomic E-state index is -0.351. The van der Waals surface area contributed by atoms with Gasteiger partial charge in [-0.1, -0.05) is 81.4 Å². The monoisotopic (exact) mass is 279 g/mol. The van der Waals surface area contributed by atoms with E-state index < -0.39 is 0 Å².